The first kappa shape index (κ1) is 23.4. The SMILES string of the molecule is CC(Sc1nnc(-c2ccccc2)n1-c1ccc(F)cc1)C(=O)Nc1cc([N+](=O)[O-])ccc1Cl. The zero-order valence-electron chi connectivity index (χ0n) is 17.7. The minimum atomic E-state index is -0.664. The second kappa shape index (κ2) is 10.0. The van der Waals surface area contributed by atoms with Crippen molar-refractivity contribution in [3.8, 4) is 17.1 Å². The fourth-order valence-corrected chi connectivity index (χ4v) is 4.14. The van der Waals surface area contributed by atoms with Crippen LogP contribution in [0.3, 0.4) is 0 Å². The normalized spacial score (nSPS) is 11.7. The van der Waals surface area contributed by atoms with Crippen LogP contribution >= 0.6 is 23.4 Å². The first-order chi connectivity index (χ1) is 16.3. The predicted octanol–water partition coefficient (Wildman–Crippen LogP) is 5.75. The topological polar surface area (TPSA) is 103 Å². The Balaban J connectivity index is 1.63. The lowest BCUT2D eigenvalue weighted by molar-refractivity contribution is -0.384. The van der Waals surface area contributed by atoms with E-state index < -0.39 is 16.1 Å². The molecule has 4 aromatic rings. The molecule has 1 unspecified atom stereocenters. The number of amides is 1. The fourth-order valence-electron chi connectivity index (χ4n) is 3.11. The van der Waals surface area contributed by atoms with Crippen molar-refractivity contribution in [2.45, 2.75) is 17.3 Å². The summed E-state index contributed by atoms with van der Waals surface area (Å²) in [4.78, 5) is 23.3. The average molecular weight is 498 g/mol. The van der Waals surface area contributed by atoms with Crippen LogP contribution in [0.25, 0.3) is 17.1 Å². The zero-order chi connectivity index (χ0) is 24.2. The highest BCUT2D eigenvalue weighted by Crippen LogP contribution is 2.32. The van der Waals surface area contributed by atoms with Crippen molar-refractivity contribution in [3.05, 3.63) is 93.8 Å². The summed E-state index contributed by atoms with van der Waals surface area (Å²) < 4.78 is 15.3. The van der Waals surface area contributed by atoms with E-state index in [1.54, 1.807) is 23.6 Å². The molecule has 1 atom stereocenters. The number of non-ortho nitro benzene ring substituents is 1. The molecule has 1 aromatic heterocycles. The number of benzene rings is 3. The van der Waals surface area contributed by atoms with Crippen LogP contribution in [-0.4, -0.2) is 30.8 Å². The standard InChI is InChI=1S/C23H17ClFN5O3S/c1-14(22(31)26-20-13-18(30(32)33)11-12-19(20)24)34-23-28-27-21(15-5-3-2-4-6-15)29(23)17-9-7-16(25)8-10-17/h2-14H,1H3,(H,26,31). The summed E-state index contributed by atoms with van der Waals surface area (Å²) in [5.74, 6) is -0.278. The van der Waals surface area contributed by atoms with Crippen molar-refractivity contribution in [2.75, 3.05) is 5.32 Å². The molecule has 0 saturated heterocycles. The van der Waals surface area contributed by atoms with Crippen molar-refractivity contribution >= 4 is 40.6 Å². The number of nitro groups is 1. The molecule has 0 radical (unpaired) electrons. The number of hydrogen-bond acceptors (Lipinski definition) is 6. The molecule has 4 rings (SSSR count). The molecular weight excluding hydrogens is 481 g/mol. The van der Waals surface area contributed by atoms with Crippen LogP contribution in [0.2, 0.25) is 5.02 Å². The lowest BCUT2D eigenvalue weighted by Gasteiger charge is -2.14. The molecule has 1 amide bonds. The van der Waals surface area contributed by atoms with E-state index in [-0.39, 0.29) is 22.2 Å². The molecule has 8 nitrogen and oxygen atoms in total. The van der Waals surface area contributed by atoms with Crippen molar-refractivity contribution in [1.29, 1.82) is 0 Å². The summed E-state index contributed by atoms with van der Waals surface area (Å²) in [6.07, 6.45) is 0. The Morgan fingerprint density at radius 1 is 1.12 bits per heavy atom. The van der Waals surface area contributed by atoms with Gasteiger partial charge in [-0.25, -0.2) is 4.39 Å². The number of thioether (sulfide) groups is 1. The molecule has 0 bridgehead atoms. The summed E-state index contributed by atoms with van der Waals surface area (Å²) in [6.45, 7) is 1.66. The molecule has 0 aliphatic heterocycles. The number of carbonyl (C=O) groups excluding carboxylic acids is 1. The van der Waals surface area contributed by atoms with Crippen molar-refractivity contribution < 1.29 is 14.1 Å². The van der Waals surface area contributed by atoms with E-state index in [4.69, 9.17) is 11.6 Å². The van der Waals surface area contributed by atoms with Crippen molar-refractivity contribution in [1.82, 2.24) is 14.8 Å². The first-order valence-corrected chi connectivity index (χ1v) is 11.3. The average Bonchev–Trinajstić information content (AvgIpc) is 3.24. The van der Waals surface area contributed by atoms with Gasteiger partial charge < -0.3 is 5.32 Å². The highest BCUT2D eigenvalue weighted by molar-refractivity contribution is 8.00. The third kappa shape index (κ3) is 5.08. The van der Waals surface area contributed by atoms with Gasteiger partial charge in [-0.3, -0.25) is 19.5 Å². The van der Waals surface area contributed by atoms with Gasteiger partial charge in [0.1, 0.15) is 5.82 Å². The number of nitrogens with one attached hydrogen (secondary N) is 1. The number of hydrogen-bond donors (Lipinski definition) is 1. The second-order valence-electron chi connectivity index (χ2n) is 7.15. The van der Waals surface area contributed by atoms with Crippen LogP contribution in [0.15, 0.2) is 78.0 Å². The maximum atomic E-state index is 13.5. The predicted molar refractivity (Wildman–Crippen MR) is 129 cm³/mol. The number of anilines is 1. The van der Waals surface area contributed by atoms with E-state index in [1.165, 1.54) is 30.3 Å². The lowest BCUT2D eigenvalue weighted by atomic mass is 10.2. The van der Waals surface area contributed by atoms with Crippen LogP contribution < -0.4 is 5.32 Å². The molecule has 172 valence electrons. The summed E-state index contributed by atoms with van der Waals surface area (Å²) in [5.41, 5.74) is 1.37. The van der Waals surface area contributed by atoms with E-state index in [0.717, 1.165) is 17.3 Å². The monoisotopic (exact) mass is 497 g/mol. The maximum Gasteiger partial charge on any atom is 0.271 e. The van der Waals surface area contributed by atoms with Crippen LogP contribution in [0, 0.1) is 15.9 Å². The van der Waals surface area contributed by atoms with Gasteiger partial charge in [-0.1, -0.05) is 53.7 Å². The van der Waals surface area contributed by atoms with E-state index in [0.29, 0.717) is 16.7 Å². The summed E-state index contributed by atoms with van der Waals surface area (Å²) in [5, 5.41) is 22.2. The maximum absolute atomic E-state index is 13.5. The smallest absolute Gasteiger partial charge is 0.271 e. The quantitative estimate of drug-likeness (QED) is 0.198. The molecule has 0 spiro atoms. The van der Waals surface area contributed by atoms with E-state index in [9.17, 15) is 19.3 Å². The van der Waals surface area contributed by atoms with Gasteiger partial charge in [0.25, 0.3) is 5.69 Å². The van der Waals surface area contributed by atoms with Crippen molar-refractivity contribution in [2.24, 2.45) is 0 Å². The molecule has 11 heteroatoms. The highest BCUT2D eigenvalue weighted by atomic mass is 35.5. The Kier molecular flexibility index (Phi) is 6.90. The Hall–Kier alpha value is -3.76. The molecule has 1 N–H and O–H groups in total. The third-order valence-electron chi connectivity index (χ3n) is 4.82. The number of nitro benzene ring substituents is 1. The molecule has 0 aliphatic carbocycles. The molecular formula is C23H17ClFN5O3S. The molecule has 34 heavy (non-hydrogen) atoms. The number of halogens is 2. The molecule has 3 aromatic carbocycles. The lowest BCUT2D eigenvalue weighted by Crippen LogP contribution is -2.23. The molecule has 0 saturated carbocycles. The summed E-state index contributed by atoms with van der Waals surface area (Å²) in [7, 11) is 0. The van der Waals surface area contributed by atoms with Crippen LogP contribution in [-0.2, 0) is 4.79 Å². The summed E-state index contributed by atoms with van der Waals surface area (Å²) in [6, 6.07) is 19.0. The third-order valence-corrected chi connectivity index (χ3v) is 6.19. The van der Waals surface area contributed by atoms with Gasteiger partial charge in [0.15, 0.2) is 11.0 Å². The van der Waals surface area contributed by atoms with Crippen LogP contribution in [0.1, 0.15) is 6.92 Å². The van der Waals surface area contributed by atoms with Gasteiger partial charge >= 0.3 is 0 Å². The highest BCUT2D eigenvalue weighted by Gasteiger charge is 2.23. The fraction of sp³-hybridized carbons (Fsp3) is 0.0870. The number of rotatable bonds is 7. The number of carbonyl (C=O) groups is 1. The van der Waals surface area contributed by atoms with Gasteiger partial charge in [0, 0.05) is 23.4 Å². The van der Waals surface area contributed by atoms with Crippen LogP contribution in [0.4, 0.5) is 15.8 Å². The van der Waals surface area contributed by atoms with Gasteiger partial charge in [-0.2, -0.15) is 0 Å². The largest absolute Gasteiger partial charge is 0.324 e. The van der Waals surface area contributed by atoms with Gasteiger partial charge in [0.05, 0.1) is 20.9 Å². The Labute approximate surface area is 202 Å². The van der Waals surface area contributed by atoms with E-state index >= 15 is 0 Å². The number of nitrogens with zero attached hydrogens (tertiary/aromatic N) is 4. The first-order valence-electron chi connectivity index (χ1n) is 10.0. The van der Waals surface area contributed by atoms with E-state index in [1.807, 2.05) is 30.3 Å². The van der Waals surface area contributed by atoms with Gasteiger partial charge in [-0.15, -0.1) is 10.2 Å². The van der Waals surface area contributed by atoms with E-state index in [2.05, 4.69) is 15.5 Å². The summed E-state index contributed by atoms with van der Waals surface area (Å²) >= 11 is 7.23. The molecule has 1 heterocycles. The van der Waals surface area contributed by atoms with Gasteiger partial charge in [0.2, 0.25) is 5.91 Å². The van der Waals surface area contributed by atoms with Crippen molar-refractivity contribution in [3.63, 3.8) is 0 Å². The Morgan fingerprint density at radius 2 is 1.82 bits per heavy atom. The minimum Gasteiger partial charge on any atom is -0.324 e. The zero-order valence-corrected chi connectivity index (χ0v) is 19.3. The second-order valence-corrected chi connectivity index (χ2v) is 8.87. The Morgan fingerprint density at radius 3 is 2.50 bits per heavy atom. The minimum absolute atomic E-state index is 0.137. The van der Waals surface area contributed by atoms with Crippen LogP contribution in [0.5, 0.6) is 0 Å². The molecule has 0 aliphatic rings. The Bertz CT molecular complexity index is 1350. The van der Waals surface area contributed by atoms with Gasteiger partial charge in [-0.05, 0) is 37.3 Å². The molecule has 0 fully saturated rings. The number of aromatic nitrogens is 3.